The van der Waals surface area contributed by atoms with E-state index in [4.69, 9.17) is 9.26 Å². The molecule has 2 aromatic heterocycles. The number of nitrogens with zero attached hydrogens (tertiary/aromatic N) is 2. The molecule has 0 radical (unpaired) electrons. The van der Waals surface area contributed by atoms with E-state index in [1.165, 1.54) is 12.3 Å². The number of aromatic amines is 1. The summed E-state index contributed by atoms with van der Waals surface area (Å²) in [5, 5.41) is 6.46. The van der Waals surface area contributed by atoms with Gasteiger partial charge in [-0.15, -0.1) is 0 Å². The second-order valence-corrected chi connectivity index (χ2v) is 5.24. The third-order valence-corrected chi connectivity index (χ3v) is 3.34. The van der Waals surface area contributed by atoms with Crippen LogP contribution in [0.4, 0.5) is 0 Å². The van der Waals surface area contributed by atoms with Crippen molar-refractivity contribution in [3.63, 3.8) is 0 Å². The van der Waals surface area contributed by atoms with E-state index in [9.17, 15) is 9.59 Å². The van der Waals surface area contributed by atoms with Crippen molar-refractivity contribution < 1.29 is 14.1 Å². The van der Waals surface area contributed by atoms with Crippen LogP contribution in [0.15, 0.2) is 58.0 Å². The maximum Gasteiger partial charge on any atom is 0.261 e. The molecule has 8 nitrogen and oxygen atoms in total. The van der Waals surface area contributed by atoms with E-state index in [2.05, 4.69) is 20.4 Å². The maximum absolute atomic E-state index is 12.1. The average Bonchev–Trinajstić information content (AvgIpc) is 3.09. The number of aromatic nitrogens is 3. The zero-order chi connectivity index (χ0) is 17.6. The second-order valence-electron chi connectivity index (χ2n) is 5.24. The van der Waals surface area contributed by atoms with E-state index in [0.29, 0.717) is 11.3 Å². The van der Waals surface area contributed by atoms with E-state index >= 15 is 0 Å². The Bertz CT molecular complexity index is 904. The molecule has 2 N–H and O–H groups in total. The molecule has 0 fully saturated rings. The van der Waals surface area contributed by atoms with Gasteiger partial charge in [-0.1, -0.05) is 23.4 Å². The highest BCUT2D eigenvalue weighted by Gasteiger charge is 2.16. The fourth-order valence-corrected chi connectivity index (χ4v) is 2.09. The summed E-state index contributed by atoms with van der Waals surface area (Å²) in [5.74, 6) is 0.818. The fourth-order valence-electron chi connectivity index (χ4n) is 2.09. The largest absolute Gasteiger partial charge is 0.481 e. The standard InChI is InChI=1S/C17H16N4O4/c1-11(24-13-5-3-2-4-6-13)17(23)19-10-15-20-16(21-25-15)12-7-8-18-14(22)9-12/h2-9,11H,10H2,1H3,(H,18,22)(H,19,23)/t11-/m0/s1. The van der Waals surface area contributed by atoms with Crippen molar-refractivity contribution in [1.29, 1.82) is 0 Å². The number of carbonyl (C=O) groups excluding carboxylic acids is 1. The highest BCUT2D eigenvalue weighted by atomic mass is 16.5. The molecule has 0 aliphatic carbocycles. The Morgan fingerprint density at radius 2 is 2.12 bits per heavy atom. The van der Waals surface area contributed by atoms with Crippen molar-refractivity contribution in [3.05, 3.63) is 64.9 Å². The molecule has 0 spiro atoms. The quantitative estimate of drug-likeness (QED) is 0.704. The summed E-state index contributed by atoms with van der Waals surface area (Å²) in [6.07, 6.45) is 0.829. The Morgan fingerprint density at radius 3 is 2.88 bits per heavy atom. The number of carbonyl (C=O) groups is 1. The number of pyridine rings is 1. The molecule has 1 atom stereocenters. The van der Waals surface area contributed by atoms with Crippen molar-refractivity contribution in [2.75, 3.05) is 0 Å². The number of hydrogen-bond acceptors (Lipinski definition) is 6. The van der Waals surface area contributed by atoms with Crippen LogP contribution < -0.4 is 15.6 Å². The molecule has 0 aliphatic heterocycles. The van der Waals surface area contributed by atoms with Gasteiger partial charge in [-0.25, -0.2) is 0 Å². The maximum atomic E-state index is 12.1. The molecule has 0 saturated heterocycles. The number of amides is 1. The van der Waals surface area contributed by atoms with Gasteiger partial charge in [-0.2, -0.15) is 4.98 Å². The van der Waals surface area contributed by atoms with Gasteiger partial charge in [0, 0.05) is 17.8 Å². The van der Waals surface area contributed by atoms with E-state index in [1.54, 1.807) is 25.1 Å². The van der Waals surface area contributed by atoms with Gasteiger partial charge in [-0.05, 0) is 25.1 Å². The smallest absolute Gasteiger partial charge is 0.261 e. The molecule has 3 rings (SSSR count). The predicted molar refractivity (Wildman–Crippen MR) is 88.7 cm³/mol. The minimum atomic E-state index is -0.669. The first kappa shape index (κ1) is 16.4. The molecular weight excluding hydrogens is 324 g/mol. The van der Waals surface area contributed by atoms with Gasteiger partial charge in [-0.3, -0.25) is 9.59 Å². The monoisotopic (exact) mass is 340 g/mol. The lowest BCUT2D eigenvalue weighted by Crippen LogP contribution is -2.35. The van der Waals surface area contributed by atoms with Gasteiger partial charge in [0.25, 0.3) is 5.91 Å². The van der Waals surface area contributed by atoms with Crippen LogP contribution in [0.25, 0.3) is 11.4 Å². The van der Waals surface area contributed by atoms with Crippen LogP contribution in [0.1, 0.15) is 12.8 Å². The van der Waals surface area contributed by atoms with E-state index in [0.717, 1.165) is 0 Å². The van der Waals surface area contributed by atoms with Crippen LogP contribution in [0.2, 0.25) is 0 Å². The molecule has 0 bridgehead atoms. The second kappa shape index (κ2) is 7.43. The zero-order valence-electron chi connectivity index (χ0n) is 13.4. The van der Waals surface area contributed by atoms with Gasteiger partial charge in [0.2, 0.25) is 17.3 Å². The normalized spacial score (nSPS) is 11.7. The fraction of sp³-hybridized carbons (Fsp3) is 0.176. The average molecular weight is 340 g/mol. The summed E-state index contributed by atoms with van der Waals surface area (Å²) >= 11 is 0. The zero-order valence-corrected chi connectivity index (χ0v) is 13.4. The molecule has 1 amide bonds. The van der Waals surface area contributed by atoms with Crippen molar-refractivity contribution in [2.24, 2.45) is 0 Å². The number of rotatable bonds is 6. The third kappa shape index (κ3) is 4.31. The topological polar surface area (TPSA) is 110 Å². The summed E-state index contributed by atoms with van der Waals surface area (Å²) in [6.45, 7) is 1.72. The van der Waals surface area contributed by atoms with Crippen LogP contribution >= 0.6 is 0 Å². The molecule has 0 aliphatic rings. The lowest BCUT2D eigenvalue weighted by molar-refractivity contribution is -0.127. The van der Waals surface area contributed by atoms with Crippen LogP contribution in [-0.4, -0.2) is 27.1 Å². The van der Waals surface area contributed by atoms with E-state index in [-0.39, 0.29) is 29.7 Å². The SMILES string of the molecule is C[C@H](Oc1ccccc1)C(=O)NCc1nc(-c2cc[nH]c(=O)c2)no1. The lowest BCUT2D eigenvalue weighted by atomic mass is 10.2. The molecule has 3 aromatic rings. The number of H-pyrrole nitrogens is 1. The minimum absolute atomic E-state index is 0.0670. The van der Waals surface area contributed by atoms with Crippen LogP contribution in [0.5, 0.6) is 5.75 Å². The molecule has 0 unspecified atom stereocenters. The molecule has 1 aromatic carbocycles. The number of para-hydroxylation sites is 1. The Kier molecular flexibility index (Phi) is 4.89. The number of ether oxygens (including phenoxy) is 1. The Labute approximate surface area is 142 Å². The summed E-state index contributed by atoms with van der Waals surface area (Å²) < 4.78 is 10.6. The number of hydrogen-bond donors (Lipinski definition) is 2. The molecule has 2 heterocycles. The predicted octanol–water partition coefficient (Wildman–Crippen LogP) is 1.51. The first-order valence-corrected chi connectivity index (χ1v) is 7.63. The van der Waals surface area contributed by atoms with E-state index < -0.39 is 6.10 Å². The van der Waals surface area contributed by atoms with Crippen molar-refractivity contribution in [1.82, 2.24) is 20.4 Å². The van der Waals surface area contributed by atoms with Crippen LogP contribution in [0, 0.1) is 0 Å². The van der Waals surface area contributed by atoms with Gasteiger partial charge < -0.3 is 19.6 Å². The molecule has 0 saturated carbocycles. The van der Waals surface area contributed by atoms with Crippen LogP contribution in [-0.2, 0) is 11.3 Å². The van der Waals surface area contributed by atoms with Crippen molar-refractivity contribution in [3.8, 4) is 17.1 Å². The van der Waals surface area contributed by atoms with E-state index in [1.807, 2.05) is 18.2 Å². The Morgan fingerprint density at radius 1 is 1.32 bits per heavy atom. The van der Waals surface area contributed by atoms with Gasteiger partial charge in [0.1, 0.15) is 5.75 Å². The summed E-state index contributed by atoms with van der Waals surface area (Å²) in [6, 6.07) is 12.1. The minimum Gasteiger partial charge on any atom is -0.481 e. The third-order valence-electron chi connectivity index (χ3n) is 3.34. The number of nitrogens with one attached hydrogen (secondary N) is 2. The Balaban J connectivity index is 1.56. The molecule has 25 heavy (non-hydrogen) atoms. The first-order valence-electron chi connectivity index (χ1n) is 7.63. The number of benzene rings is 1. The molecular formula is C17H16N4O4. The Hall–Kier alpha value is -3.42. The lowest BCUT2D eigenvalue weighted by Gasteiger charge is -2.13. The molecule has 128 valence electrons. The molecule has 8 heteroatoms. The summed E-state index contributed by atoms with van der Waals surface area (Å²) in [5.41, 5.74) is 0.273. The summed E-state index contributed by atoms with van der Waals surface area (Å²) in [4.78, 5) is 30.0. The van der Waals surface area contributed by atoms with Gasteiger partial charge >= 0.3 is 0 Å². The highest BCUT2D eigenvalue weighted by molar-refractivity contribution is 5.80. The van der Waals surface area contributed by atoms with Crippen molar-refractivity contribution >= 4 is 5.91 Å². The summed E-state index contributed by atoms with van der Waals surface area (Å²) in [7, 11) is 0. The van der Waals surface area contributed by atoms with Gasteiger partial charge in [0.05, 0.1) is 6.54 Å². The first-order chi connectivity index (χ1) is 12.1. The highest BCUT2D eigenvalue weighted by Crippen LogP contribution is 2.13. The van der Waals surface area contributed by atoms with Gasteiger partial charge in [0.15, 0.2) is 6.10 Å². The van der Waals surface area contributed by atoms with Crippen LogP contribution in [0.3, 0.4) is 0 Å². The van der Waals surface area contributed by atoms with Crippen molar-refractivity contribution in [2.45, 2.75) is 19.6 Å².